The van der Waals surface area contributed by atoms with Crippen LogP contribution in [0.25, 0.3) is 0 Å². The molecule has 0 heterocycles. The predicted octanol–water partition coefficient (Wildman–Crippen LogP) is 2.38. The van der Waals surface area contributed by atoms with E-state index in [1.54, 1.807) is 6.92 Å². The number of carbonyl (C=O) groups is 1. The molecule has 0 fully saturated rings. The summed E-state index contributed by atoms with van der Waals surface area (Å²) >= 11 is 0. The highest BCUT2D eigenvalue weighted by molar-refractivity contribution is 5.79. The number of benzene rings is 1. The Kier molecular flexibility index (Phi) is 2.17. The van der Waals surface area contributed by atoms with Gasteiger partial charge >= 0.3 is 0 Å². The van der Waals surface area contributed by atoms with Gasteiger partial charge in [-0.2, -0.15) is 0 Å². The minimum absolute atomic E-state index is 0.273. The first-order valence-corrected chi connectivity index (χ1v) is 4.84. The molecule has 1 aliphatic rings. The highest BCUT2D eigenvalue weighted by Crippen LogP contribution is 2.25. The zero-order chi connectivity index (χ0) is 9.26. The molecule has 1 atom stereocenters. The van der Waals surface area contributed by atoms with E-state index < -0.39 is 0 Å². The van der Waals surface area contributed by atoms with Crippen LogP contribution in [0.3, 0.4) is 0 Å². The molecular formula is C12H14O. The Morgan fingerprint density at radius 3 is 2.69 bits per heavy atom. The van der Waals surface area contributed by atoms with Crippen molar-refractivity contribution >= 4 is 5.78 Å². The van der Waals surface area contributed by atoms with Gasteiger partial charge in [-0.3, -0.25) is 4.79 Å². The molecule has 68 valence electrons. The van der Waals surface area contributed by atoms with Gasteiger partial charge in [-0.15, -0.1) is 0 Å². The van der Waals surface area contributed by atoms with Crippen molar-refractivity contribution in [1.82, 2.24) is 0 Å². The van der Waals surface area contributed by atoms with Gasteiger partial charge in [0.2, 0.25) is 0 Å². The third-order valence-electron chi connectivity index (χ3n) is 2.92. The van der Waals surface area contributed by atoms with Crippen LogP contribution in [-0.2, 0) is 17.6 Å². The Balaban J connectivity index is 2.24. The average molecular weight is 174 g/mol. The van der Waals surface area contributed by atoms with E-state index in [1.165, 1.54) is 11.1 Å². The molecule has 0 bridgehead atoms. The highest BCUT2D eigenvalue weighted by atomic mass is 16.1. The molecule has 13 heavy (non-hydrogen) atoms. The van der Waals surface area contributed by atoms with E-state index in [-0.39, 0.29) is 5.92 Å². The number of rotatable bonds is 1. The summed E-state index contributed by atoms with van der Waals surface area (Å²) < 4.78 is 0. The van der Waals surface area contributed by atoms with Crippen molar-refractivity contribution in [3.8, 4) is 0 Å². The first kappa shape index (κ1) is 8.49. The first-order chi connectivity index (χ1) is 6.27. The standard InChI is InChI=1S/C12H14O/c1-9(13)11-7-6-10-4-2-3-5-12(10)8-11/h2-5,11H,6-8H2,1H3/t11-/m0/s1. The maximum atomic E-state index is 11.2. The van der Waals surface area contributed by atoms with Gasteiger partial charge in [-0.25, -0.2) is 0 Å². The van der Waals surface area contributed by atoms with Gasteiger partial charge in [0.25, 0.3) is 0 Å². The Bertz CT molecular complexity index is 328. The number of carbonyl (C=O) groups excluding carboxylic acids is 1. The van der Waals surface area contributed by atoms with Crippen LogP contribution in [-0.4, -0.2) is 5.78 Å². The quantitative estimate of drug-likeness (QED) is 0.639. The molecule has 0 unspecified atom stereocenters. The summed E-state index contributed by atoms with van der Waals surface area (Å²) in [6.07, 6.45) is 3.05. The van der Waals surface area contributed by atoms with Crippen LogP contribution in [0.5, 0.6) is 0 Å². The lowest BCUT2D eigenvalue weighted by Crippen LogP contribution is -2.20. The van der Waals surface area contributed by atoms with Crippen LogP contribution >= 0.6 is 0 Å². The van der Waals surface area contributed by atoms with Gasteiger partial charge in [0, 0.05) is 5.92 Å². The van der Waals surface area contributed by atoms with E-state index in [0.717, 1.165) is 19.3 Å². The number of ketones is 1. The van der Waals surface area contributed by atoms with Crippen molar-refractivity contribution in [3.05, 3.63) is 35.4 Å². The Labute approximate surface area is 78.8 Å². The summed E-state index contributed by atoms with van der Waals surface area (Å²) in [5.74, 6) is 0.615. The van der Waals surface area contributed by atoms with Crippen molar-refractivity contribution in [2.75, 3.05) is 0 Å². The predicted molar refractivity (Wildman–Crippen MR) is 52.6 cm³/mol. The van der Waals surface area contributed by atoms with E-state index in [0.29, 0.717) is 5.78 Å². The van der Waals surface area contributed by atoms with E-state index in [1.807, 2.05) is 0 Å². The molecule has 1 aromatic carbocycles. The minimum atomic E-state index is 0.273. The monoisotopic (exact) mass is 174 g/mol. The molecule has 1 heteroatoms. The van der Waals surface area contributed by atoms with Crippen molar-refractivity contribution in [2.45, 2.75) is 26.2 Å². The normalized spacial score (nSPS) is 20.8. The Morgan fingerprint density at radius 2 is 2.00 bits per heavy atom. The molecular weight excluding hydrogens is 160 g/mol. The van der Waals surface area contributed by atoms with Crippen LogP contribution in [0.15, 0.2) is 24.3 Å². The van der Waals surface area contributed by atoms with Gasteiger partial charge in [-0.1, -0.05) is 24.3 Å². The number of aryl methyl sites for hydroxylation is 1. The molecule has 0 radical (unpaired) electrons. The Hall–Kier alpha value is -1.11. The summed E-state index contributed by atoms with van der Waals surface area (Å²) in [4.78, 5) is 11.2. The fraction of sp³-hybridized carbons (Fsp3) is 0.417. The molecule has 0 amide bonds. The third kappa shape index (κ3) is 1.64. The first-order valence-electron chi connectivity index (χ1n) is 4.84. The van der Waals surface area contributed by atoms with Crippen LogP contribution in [0.1, 0.15) is 24.5 Å². The van der Waals surface area contributed by atoms with Crippen molar-refractivity contribution in [1.29, 1.82) is 0 Å². The van der Waals surface area contributed by atoms with Gasteiger partial charge in [0.15, 0.2) is 0 Å². The topological polar surface area (TPSA) is 17.1 Å². The number of fused-ring (bicyclic) bond motifs is 1. The molecule has 0 saturated heterocycles. The minimum Gasteiger partial charge on any atom is -0.300 e. The van der Waals surface area contributed by atoms with Crippen molar-refractivity contribution < 1.29 is 4.79 Å². The summed E-state index contributed by atoms with van der Waals surface area (Å²) in [6.45, 7) is 1.71. The fourth-order valence-electron chi connectivity index (χ4n) is 2.04. The molecule has 0 aromatic heterocycles. The largest absolute Gasteiger partial charge is 0.300 e. The molecule has 1 aromatic rings. The number of Topliss-reactive ketones (excluding diaryl/α,β-unsaturated/α-hetero) is 1. The van der Waals surface area contributed by atoms with Crippen molar-refractivity contribution in [3.63, 3.8) is 0 Å². The molecule has 2 rings (SSSR count). The summed E-state index contributed by atoms with van der Waals surface area (Å²) in [5.41, 5.74) is 2.80. The molecule has 1 nitrogen and oxygen atoms in total. The van der Waals surface area contributed by atoms with E-state index in [9.17, 15) is 4.79 Å². The molecule has 0 aliphatic heterocycles. The van der Waals surface area contributed by atoms with Gasteiger partial charge < -0.3 is 0 Å². The molecule has 1 aliphatic carbocycles. The number of hydrogen-bond acceptors (Lipinski definition) is 1. The molecule has 0 saturated carbocycles. The Morgan fingerprint density at radius 1 is 1.31 bits per heavy atom. The van der Waals surface area contributed by atoms with E-state index in [2.05, 4.69) is 24.3 Å². The highest BCUT2D eigenvalue weighted by Gasteiger charge is 2.20. The van der Waals surface area contributed by atoms with Crippen LogP contribution in [0.2, 0.25) is 0 Å². The lowest BCUT2D eigenvalue weighted by atomic mass is 9.82. The molecule has 0 spiro atoms. The lowest BCUT2D eigenvalue weighted by Gasteiger charge is -2.22. The van der Waals surface area contributed by atoms with Gasteiger partial charge in [0.05, 0.1) is 0 Å². The average Bonchev–Trinajstić information content (AvgIpc) is 2.17. The smallest absolute Gasteiger partial charge is 0.133 e. The molecule has 0 N–H and O–H groups in total. The summed E-state index contributed by atoms with van der Waals surface area (Å²) in [6, 6.07) is 8.45. The fourth-order valence-corrected chi connectivity index (χ4v) is 2.04. The summed E-state index contributed by atoms with van der Waals surface area (Å²) in [5, 5.41) is 0. The SMILES string of the molecule is CC(=O)[C@H]1CCc2ccccc2C1. The second-order valence-corrected chi connectivity index (χ2v) is 3.82. The third-order valence-corrected chi connectivity index (χ3v) is 2.92. The van der Waals surface area contributed by atoms with Crippen LogP contribution < -0.4 is 0 Å². The second kappa shape index (κ2) is 3.33. The van der Waals surface area contributed by atoms with Gasteiger partial charge in [-0.05, 0) is 37.3 Å². The zero-order valence-corrected chi connectivity index (χ0v) is 7.92. The van der Waals surface area contributed by atoms with Crippen molar-refractivity contribution in [2.24, 2.45) is 5.92 Å². The maximum absolute atomic E-state index is 11.2. The summed E-state index contributed by atoms with van der Waals surface area (Å²) in [7, 11) is 0. The lowest BCUT2D eigenvalue weighted by molar-refractivity contribution is -0.121. The number of hydrogen-bond donors (Lipinski definition) is 0. The maximum Gasteiger partial charge on any atom is 0.133 e. The van der Waals surface area contributed by atoms with Crippen LogP contribution in [0, 0.1) is 5.92 Å². The second-order valence-electron chi connectivity index (χ2n) is 3.82. The zero-order valence-electron chi connectivity index (χ0n) is 7.92. The van der Waals surface area contributed by atoms with E-state index >= 15 is 0 Å². The van der Waals surface area contributed by atoms with Crippen LogP contribution in [0.4, 0.5) is 0 Å². The van der Waals surface area contributed by atoms with E-state index in [4.69, 9.17) is 0 Å². The van der Waals surface area contributed by atoms with Gasteiger partial charge in [0.1, 0.15) is 5.78 Å².